The Morgan fingerprint density at radius 1 is 0.955 bits per heavy atom. The van der Waals surface area contributed by atoms with E-state index in [1.54, 1.807) is 14.2 Å². The number of hydrogen-bond donors (Lipinski definition) is 2. The van der Waals surface area contributed by atoms with Crippen molar-refractivity contribution in [3.63, 3.8) is 0 Å². The van der Waals surface area contributed by atoms with Crippen LogP contribution in [-0.2, 0) is 4.74 Å². The molecule has 0 aromatic rings. The smallest absolute Gasteiger partial charge is 0.0564 e. The molecule has 0 bridgehead atoms. The molecule has 5 nitrogen and oxygen atoms in total. The van der Waals surface area contributed by atoms with Crippen molar-refractivity contribution in [2.24, 2.45) is 0 Å². The van der Waals surface area contributed by atoms with E-state index in [2.05, 4.69) is 33.0 Å². The lowest BCUT2D eigenvalue weighted by Gasteiger charge is -2.33. The molecule has 0 aromatic carbocycles. The summed E-state index contributed by atoms with van der Waals surface area (Å²) in [6.45, 7) is 19.2. The molecule has 0 aliphatic carbocycles. The number of methoxy groups -OCH3 is 1. The third kappa shape index (κ3) is 13.2. The highest BCUT2D eigenvalue weighted by Crippen LogP contribution is 2.09. The van der Waals surface area contributed by atoms with Gasteiger partial charge in [0.05, 0.1) is 6.10 Å². The van der Waals surface area contributed by atoms with Crippen molar-refractivity contribution in [2.45, 2.75) is 32.8 Å². The summed E-state index contributed by atoms with van der Waals surface area (Å²) in [6, 6.07) is 0. The Kier molecular flexibility index (Phi) is 20.1. The molecule has 2 aliphatic heterocycles. The Hall–Kier alpha value is -0.460. The maximum Gasteiger partial charge on any atom is 0.0564 e. The molecule has 134 valence electrons. The summed E-state index contributed by atoms with van der Waals surface area (Å²) < 4.78 is 4.25. The molecule has 2 aliphatic rings. The zero-order valence-corrected chi connectivity index (χ0v) is 15.3. The number of rotatable bonds is 3. The van der Waals surface area contributed by atoms with E-state index in [0.29, 0.717) is 0 Å². The molecule has 2 saturated heterocycles. The Labute approximate surface area is 138 Å². The van der Waals surface area contributed by atoms with Crippen LogP contribution in [0.2, 0.25) is 0 Å². The summed E-state index contributed by atoms with van der Waals surface area (Å²) in [4.78, 5) is 5.01. The van der Waals surface area contributed by atoms with Gasteiger partial charge in [-0.1, -0.05) is 13.8 Å². The average Bonchev–Trinajstić information content (AvgIpc) is 2.60. The molecule has 0 unspecified atom stereocenters. The van der Waals surface area contributed by atoms with E-state index in [-0.39, 0.29) is 6.10 Å². The van der Waals surface area contributed by atoms with Gasteiger partial charge in [-0.15, -0.1) is 13.2 Å². The Bertz CT molecular complexity index is 204. The maximum absolute atomic E-state index is 9.40. The van der Waals surface area contributed by atoms with Gasteiger partial charge in [0.1, 0.15) is 0 Å². The summed E-state index contributed by atoms with van der Waals surface area (Å²) >= 11 is 0. The molecule has 22 heavy (non-hydrogen) atoms. The Morgan fingerprint density at radius 2 is 1.32 bits per heavy atom. The van der Waals surface area contributed by atoms with Crippen molar-refractivity contribution in [2.75, 3.05) is 66.6 Å². The number of piperidine rings is 1. The number of piperazine rings is 1. The molecule has 5 heteroatoms. The fourth-order valence-corrected chi connectivity index (χ4v) is 2.36. The van der Waals surface area contributed by atoms with E-state index in [1.807, 2.05) is 13.8 Å². The van der Waals surface area contributed by atoms with Crippen LogP contribution in [0.4, 0.5) is 0 Å². The van der Waals surface area contributed by atoms with Crippen molar-refractivity contribution < 1.29 is 9.84 Å². The number of aliphatic hydroxyl groups is 1. The van der Waals surface area contributed by atoms with Gasteiger partial charge in [0.15, 0.2) is 0 Å². The zero-order valence-electron chi connectivity index (χ0n) is 15.3. The molecule has 2 heterocycles. The van der Waals surface area contributed by atoms with Gasteiger partial charge in [0.25, 0.3) is 0 Å². The van der Waals surface area contributed by atoms with E-state index in [0.717, 1.165) is 39.0 Å². The van der Waals surface area contributed by atoms with Crippen LogP contribution in [0.15, 0.2) is 13.2 Å². The quantitative estimate of drug-likeness (QED) is 0.772. The van der Waals surface area contributed by atoms with Crippen LogP contribution in [-0.4, -0.2) is 87.6 Å². The lowest BCUT2D eigenvalue weighted by Crippen LogP contribution is -2.47. The zero-order chi connectivity index (χ0) is 17.2. The molecule has 0 atom stereocenters. The first kappa shape index (κ1) is 23.8. The summed E-state index contributed by atoms with van der Waals surface area (Å²) in [6.07, 6.45) is 1.88. The minimum atomic E-state index is -0.0413. The summed E-state index contributed by atoms with van der Waals surface area (Å²) in [7, 11) is 3.25. The molecular weight excluding hydrogens is 278 g/mol. The lowest BCUT2D eigenvalue weighted by molar-refractivity contribution is 0.0757. The molecule has 0 saturated carbocycles. The number of nitrogens with one attached hydrogen (secondary N) is 1. The molecule has 2 rings (SSSR count). The number of aliphatic hydroxyl groups excluding tert-OH is 1. The van der Waals surface area contributed by atoms with Gasteiger partial charge in [-0.2, -0.15) is 0 Å². The van der Waals surface area contributed by atoms with Crippen LogP contribution in [0.3, 0.4) is 0 Å². The molecule has 0 radical (unpaired) electrons. The molecule has 2 N–H and O–H groups in total. The fourth-order valence-electron chi connectivity index (χ4n) is 2.36. The molecule has 0 amide bonds. The minimum Gasteiger partial charge on any atom is -0.393 e. The van der Waals surface area contributed by atoms with Gasteiger partial charge >= 0.3 is 0 Å². The summed E-state index contributed by atoms with van der Waals surface area (Å²) in [5.74, 6) is 0. The van der Waals surface area contributed by atoms with Crippen LogP contribution in [0.1, 0.15) is 26.7 Å². The number of nitrogens with zero attached hydrogens (tertiary/aromatic N) is 2. The predicted octanol–water partition coefficient (Wildman–Crippen LogP) is 1.44. The van der Waals surface area contributed by atoms with E-state index >= 15 is 0 Å². The van der Waals surface area contributed by atoms with E-state index in [4.69, 9.17) is 0 Å². The number of likely N-dealkylation sites (tertiary alicyclic amines) is 1. The summed E-state index contributed by atoms with van der Waals surface area (Å²) in [5, 5.41) is 12.8. The first-order chi connectivity index (χ1) is 10.8. The topological polar surface area (TPSA) is 48.0 Å². The minimum absolute atomic E-state index is 0.0413. The van der Waals surface area contributed by atoms with Crippen molar-refractivity contribution in [3.8, 4) is 0 Å². The van der Waals surface area contributed by atoms with Crippen molar-refractivity contribution >= 4 is 0 Å². The second-order valence-electron chi connectivity index (χ2n) is 5.07. The van der Waals surface area contributed by atoms with Crippen LogP contribution < -0.4 is 5.32 Å². The monoisotopic (exact) mass is 317 g/mol. The average molecular weight is 318 g/mol. The standard InChI is InChI=1S/C11H23N3O.C2H6O.C2H6.C2H4/c15-11-1-5-13(6-2-11)9-10-14-7-3-12-4-8-14;1-3-2;2*1-2/h11-12,15H,1-10H2;1-2H3;1-2H3;1-2H2. The molecule has 2 fully saturated rings. The van der Waals surface area contributed by atoms with Crippen molar-refractivity contribution in [1.29, 1.82) is 0 Å². The SMILES string of the molecule is C=C.CC.COC.OC1CCN(CCN2CCNCC2)CC1. The Morgan fingerprint density at radius 3 is 1.73 bits per heavy atom. The normalized spacial score (nSPS) is 19.7. The van der Waals surface area contributed by atoms with Gasteiger partial charge in [0.2, 0.25) is 0 Å². The van der Waals surface area contributed by atoms with Gasteiger partial charge in [0, 0.05) is 66.6 Å². The van der Waals surface area contributed by atoms with Crippen LogP contribution in [0, 0.1) is 0 Å². The highest BCUT2D eigenvalue weighted by Gasteiger charge is 2.17. The second-order valence-corrected chi connectivity index (χ2v) is 5.07. The largest absolute Gasteiger partial charge is 0.393 e. The molecule has 0 spiro atoms. The van der Waals surface area contributed by atoms with Crippen LogP contribution in [0.25, 0.3) is 0 Å². The maximum atomic E-state index is 9.40. The third-order valence-electron chi connectivity index (χ3n) is 3.50. The lowest BCUT2D eigenvalue weighted by atomic mass is 10.1. The third-order valence-corrected chi connectivity index (χ3v) is 3.50. The highest BCUT2D eigenvalue weighted by atomic mass is 16.4. The predicted molar refractivity (Wildman–Crippen MR) is 96.5 cm³/mol. The van der Waals surface area contributed by atoms with E-state index in [1.165, 1.54) is 26.2 Å². The highest BCUT2D eigenvalue weighted by molar-refractivity contribution is 4.74. The molecular formula is C17H39N3O2. The number of hydrogen-bond acceptors (Lipinski definition) is 5. The van der Waals surface area contributed by atoms with Gasteiger partial charge in [-0.3, -0.25) is 4.90 Å². The fraction of sp³-hybridized carbons (Fsp3) is 0.882. The second kappa shape index (κ2) is 18.6. The number of ether oxygens (including phenoxy) is 1. The van der Waals surface area contributed by atoms with E-state index in [9.17, 15) is 5.11 Å². The molecule has 0 aromatic heterocycles. The van der Waals surface area contributed by atoms with E-state index < -0.39 is 0 Å². The summed E-state index contributed by atoms with van der Waals surface area (Å²) in [5.41, 5.74) is 0. The first-order valence-electron chi connectivity index (χ1n) is 8.50. The Balaban J connectivity index is 0. The van der Waals surface area contributed by atoms with Gasteiger partial charge < -0.3 is 20.1 Å². The first-order valence-corrected chi connectivity index (χ1v) is 8.50. The van der Waals surface area contributed by atoms with Crippen LogP contribution >= 0.6 is 0 Å². The van der Waals surface area contributed by atoms with Crippen molar-refractivity contribution in [3.05, 3.63) is 13.2 Å². The van der Waals surface area contributed by atoms with Gasteiger partial charge in [-0.05, 0) is 12.8 Å². The van der Waals surface area contributed by atoms with Gasteiger partial charge in [-0.25, -0.2) is 0 Å². The van der Waals surface area contributed by atoms with Crippen LogP contribution in [0.5, 0.6) is 0 Å². The van der Waals surface area contributed by atoms with Crippen molar-refractivity contribution in [1.82, 2.24) is 15.1 Å².